The van der Waals surface area contributed by atoms with E-state index < -0.39 is 0 Å². The Kier molecular flexibility index (Phi) is 104. The van der Waals surface area contributed by atoms with E-state index in [1.165, 1.54) is 38.5 Å². The Morgan fingerprint density at radius 1 is 0.357 bits per heavy atom. The van der Waals surface area contributed by atoms with Crippen LogP contribution >= 0.6 is 24.8 Å². The van der Waals surface area contributed by atoms with E-state index in [2.05, 4.69) is 41.5 Å². The van der Waals surface area contributed by atoms with Gasteiger partial charge in [0.05, 0.1) is 0 Å². The average molecular weight is 247 g/mol. The Labute approximate surface area is 105 Å². The monoisotopic (exact) mass is 246 g/mol. The SMILES string of the molecule is CCCC.CCCC.CCCC.Cl.Cl. The smallest absolute Gasteiger partial charge is 0.0564 e. The minimum Gasteiger partial charge on any atom is -0.147 e. The molecule has 0 aliphatic heterocycles. The molecule has 0 N–H and O–H groups in total. The van der Waals surface area contributed by atoms with Crippen LogP contribution in [-0.2, 0) is 0 Å². The molecule has 2 heteroatoms. The molecule has 0 nitrogen and oxygen atoms in total. The van der Waals surface area contributed by atoms with E-state index >= 15 is 0 Å². The standard InChI is InChI=1S/3C4H10.2ClH/c3*1-3-4-2;;/h3*3-4H2,1-2H3;2*1H. The molecule has 0 bridgehead atoms. The summed E-state index contributed by atoms with van der Waals surface area (Å²) in [6.45, 7) is 13.1. The molecule has 0 saturated heterocycles. The molecule has 0 atom stereocenters. The third-order valence-corrected chi connectivity index (χ3v) is 1.50. The first-order valence-electron chi connectivity index (χ1n) is 5.74. The Morgan fingerprint density at radius 3 is 0.429 bits per heavy atom. The van der Waals surface area contributed by atoms with Gasteiger partial charge in [0.15, 0.2) is 0 Å². The minimum absolute atomic E-state index is 0. The molecule has 0 aliphatic carbocycles. The summed E-state index contributed by atoms with van der Waals surface area (Å²) in [4.78, 5) is 0. The quantitative estimate of drug-likeness (QED) is 0.552. The van der Waals surface area contributed by atoms with Gasteiger partial charge in [0.25, 0.3) is 0 Å². The van der Waals surface area contributed by atoms with E-state index in [1.807, 2.05) is 0 Å². The predicted molar refractivity (Wildman–Crippen MR) is 76.2 cm³/mol. The van der Waals surface area contributed by atoms with Gasteiger partial charge in [-0.1, -0.05) is 80.1 Å². The first-order chi connectivity index (χ1) is 5.74. The minimum atomic E-state index is 0. The lowest BCUT2D eigenvalue weighted by molar-refractivity contribution is 0.886. The zero-order chi connectivity index (χ0) is 10.2. The summed E-state index contributed by atoms with van der Waals surface area (Å²) in [5.74, 6) is 0. The van der Waals surface area contributed by atoms with Crippen LogP contribution in [0.5, 0.6) is 0 Å². The summed E-state index contributed by atoms with van der Waals surface area (Å²) in [5.41, 5.74) is 0. The number of halogens is 2. The molecular formula is C12H32Cl2. The van der Waals surface area contributed by atoms with Gasteiger partial charge >= 0.3 is 0 Å². The molecule has 0 saturated carbocycles. The van der Waals surface area contributed by atoms with Crippen molar-refractivity contribution >= 4 is 24.8 Å². The molecule has 14 heavy (non-hydrogen) atoms. The van der Waals surface area contributed by atoms with Crippen LogP contribution in [0.3, 0.4) is 0 Å². The number of rotatable bonds is 3. The van der Waals surface area contributed by atoms with Crippen LogP contribution in [0.1, 0.15) is 80.1 Å². The van der Waals surface area contributed by atoms with Crippen molar-refractivity contribution in [1.29, 1.82) is 0 Å². The molecule has 0 radical (unpaired) electrons. The lowest BCUT2D eigenvalue weighted by Gasteiger charge is -1.68. The zero-order valence-corrected chi connectivity index (χ0v) is 12.7. The Morgan fingerprint density at radius 2 is 0.429 bits per heavy atom. The fraction of sp³-hybridized carbons (Fsp3) is 1.00. The van der Waals surface area contributed by atoms with Crippen LogP contribution in [0.15, 0.2) is 0 Å². The molecule has 0 aromatic carbocycles. The van der Waals surface area contributed by atoms with Crippen molar-refractivity contribution < 1.29 is 0 Å². The van der Waals surface area contributed by atoms with Gasteiger partial charge in [0.2, 0.25) is 0 Å². The van der Waals surface area contributed by atoms with Crippen molar-refractivity contribution in [2.75, 3.05) is 0 Å². The van der Waals surface area contributed by atoms with Gasteiger partial charge in [-0.2, -0.15) is 0 Å². The topological polar surface area (TPSA) is 0 Å². The van der Waals surface area contributed by atoms with E-state index in [1.54, 1.807) is 0 Å². The van der Waals surface area contributed by atoms with E-state index in [0.29, 0.717) is 0 Å². The van der Waals surface area contributed by atoms with Crippen LogP contribution < -0.4 is 0 Å². The molecule has 0 aromatic rings. The van der Waals surface area contributed by atoms with Crippen molar-refractivity contribution in [2.45, 2.75) is 80.1 Å². The van der Waals surface area contributed by atoms with Crippen molar-refractivity contribution in [1.82, 2.24) is 0 Å². The first-order valence-corrected chi connectivity index (χ1v) is 5.74. The van der Waals surface area contributed by atoms with Crippen molar-refractivity contribution in [3.63, 3.8) is 0 Å². The van der Waals surface area contributed by atoms with Crippen LogP contribution in [0, 0.1) is 0 Å². The van der Waals surface area contributed by atoms with Crippen LogP contribution in [0.2, 0.25) is 0 Å². The summed E-state index contributed by atoms with van der Waals surface area (Å²) in [6, 6.07) is 0. The Hall–Kier alpha value is 0.580. The molecule has 94 valence electrons. The molecular weight excluding hydrogens is 215 g/mol. The summed E-state index contributed by atoms with van der Waals surface area (Å²) in [7, 11) is 0. The molecule has 0 fully saturated rings. The van der Waals surface area contributed by atoms with E-state index in [0.717, 1.165) is 0 Å². The highest BCUT2D eigenvalue weighted by atomic mass is 35.5. The Bertz CT molecular complexity index is 23.8. The third-order valence-electron chi connectivity index (χ3n) is 1.50. The second kappa shape index (κ2) is 49.6. The lowest BCUT2D eigenvalue weighted by atomic mass is 10.4. The fourth-order valence-corrected chi connectivity index (χ4v) is 0. The van der Waals surface area contributed by atoms with Gasteiger partial charge in [-0.3, -0.25) is 0 Å². The summed E-state index contributed by atoms with van der Waals surface area (Å²) in [6.07, 6.45) is 7.92. The summed E-state index contributed by atoms with van der Waals surface area (Å²) in [5, 5.41) is 0. The highest BCUT2D eigenvalue weighted by Crippen LogP contribution is 1.77. The molecule has 0 aromatic heterocycles. The number of hydrogen-bond acceptors (Lipinski definition) is 0. The first kappa shape index (κ1) is 29.3. The maximum Gasteiger partial charge on any atom is -0.0564 e. The fourth-order valence-electron chi connectivity index (χ4n) is 0. The summed E-state index contributed by atoms with van der Waals surface area (Å²) >= 11 is 0. The molecule has 0 unspecified atom stereocenters. The predicted octanol–water partition coefficient (Wildman–Crippen LogP) is 6.26. The zero-order valence-electron chi connectivity index (χ0n) is 11.1. The lowest BCUT2D eigenvalue weighted by Crippen LogP contribution is -1.47. The van der Waals surface area contributed by atoms with Gasteiger partial charge in [0, 0.05) is 0 Å². The number of unbranched alkanes of at least 4 members (excludes halogenated alkanes) is 3. The van der Waals surface area contributed by atoms with Crippen LogP contribution in [0.25, 0.3) is 0 Å². The van der Waals surface area contributed by atoms with Crippen LogP contribution in [-0.4, -0.2) is 0 Å². The van der Waals surface area contributed by atoms with Crippen LogP contribution in [0.4, 0.5) is 0 Å². The summed E-state index contributed by atoms with van der Waals surface area (Å²) < 4.78 is 0. The van der Waals surface area contributed by atoms with Gasteiger partial charge in [0.1, 0.15) is 0 Å². The molecule has 0 spiro atoms. The van der Waals surface area contributed by atoms with E-state index in [9.17, 15) is 0 Å². The largest absolute Gasteiger partial charge is 0.147 e. The molecule has 0 heterocycles. The van der Waals surface area contributed by atoms with E-state index in [-0.39, 0.29) is 24.8 Å². The van der Waals surface area contributed by atoms with Gasteiger partial charge in [-0.25, -0.2) is 0 Å². The molecule has 0 rings (SSSR count). The molecule has 0 aliphatic rings. The number of hydrogen-bond donors (Lipinski definition) is 0. The second-order valence-electron chi connectivity index (χ2n) is 3.00. The van der Waals surface area contributed by atoms with Gasteiger partial charge in [-0.15, -0.1) is 24.8 Å². The van der Waals surface area contributed by atoms with Gasteiger partial charge < -0.3 is 0 Å². The second-order valence-corrected chi connectivity index (χ2v) is 3.00. The molecule has 0 amide bonds. The third kappa shape index (κ3) is 132. The average Bonchev–Trinajstić information content (AvgIpc) is 2.18. The normalized spacial score (nSPS) is 6.43. The van der Waals surface area contributed by atoms with Crippen molar-refractivity contribution in [2.24, 2.45) is 0 Å². The highest BCUT2D eigenvalue weighted by Gasteiger charge is 1.57. The maximum absolute atomic E-state index is 2.18. The van der Waals surface area contributed by atoms with E-state index in [4.69, 9.17) is 0 Å². The van der Waals surface area contributed by atoms with Gasteiger partial charge in [-0.05, 0) is 0 Å². The Balaban J connectivity index is -0.0000000270. The van der Waals surface area contributed by atoms with Crippen molar-refractivity contribution in [3.05, 3.63) is 0 Å². The highest BCUT2D eigenvalue weighted by molar-refractivity contribution is 5.85. The maximum atomic E-state index is 2.18. The van der Waals surface area contributed by atoms with Crippen molar-refractivity contribution in [3.8, 4) is 0 Å².